The summed E-state index contributed by atoms with van der Waals surface area (Å²) in [5, 5.41) is 0. The molecule has 0 fully saturated rings. The quantitative estimate of drug-likeness (QED) is 0.424. The largest absolute Gasteiger partial charge is 0.493 e. The predicted molar refractivity (Wildman–Crippen MR) is 94.5 cm³/mol. The summed E-state index contributed by atoms with van der Waals surface area (Å²) in [7, 11) is 0. The topological polar surface area (TPSA) is 90.0 Å². The number of fused-ring (bicyclic) bond motifs is 1. The molecule has 0 bridgehead atoms. The maximum atomic E-state index is 12.2. The van der Waals surface area contributed by atoms with E-state index in [1.165, 1.54) is 6.92 Å². The van der Waals surface area contributed by atoms with Crippen molar-refractivity contribution in [3.8, 4) is 5.75 Å². The maximum Gasteiger partial charge on any atom is 0.310 e. The zero-order chi connectivity index (χ0) is 19.4. The third-order valence-corrected chi connectivity index (χ3v) is 4.07. The van der Waals surface area contributed by atoms with Crippen molar-refractivity contribution in [3.63, 3.8) is 0 Å². The summed E-state index contributed by atoms with van der Waals surface area (Å²) in [6.07, 6.45) is -0.0440. The van der Waals surface area contributed by atoms with Crippen molar-refractivity contribution in [1.82, 2.24) is 4.90 Å². The highest BCUT2D eigenvalue weighted by Crippen LogP contribution is 2.22. The molecule has 1 aliphatic heterocycles. The number of ether oxygens (including phenoxy) is 2. The fraction of sp³-hybridized carbons (Fsp3) is 0.200. The lowest BCUT2D eigenvalue weighted by molar-refractivity contribution is -0.146. The summed E-state index contributed by atoms with van der Waals surface area (Å²) < 4.78 is 10.4. The van der Waals surface area contributed by atoms with Gasteiger partial charge in [0.25, 0.3) is 11.8 Å². The molecule has 2 aromatic carbocycles. The number of hydrogen-bond acceptors (Lipinski definition) is 6. The van der Waals surface area contributed by atoms with Gasteiger partial charge in [-0.05, 0) is 43.3 Å². The predicted octanol–water partition coefficient (Wildman–Crippen LogP) is 2.46. The van der Waals surface area contributed by atoms with Crippen LogP contribution in [0.2, 0.25) is 0 Å². The number of imide groups is 1. The summed E-state index contributed by atoms with van der Waals surface area (Å²) in [6.45, 7) is 1.11. The van der Waals surface area contributed by atoms with E-state index in [2.05, 4.69) is 0 Å². The number of amides is 2. The summed E-state index contributed by atoms with van der Waals surface area (Å²) in [6, 6.07) is 13.0. The van der Waals surface area contributed by atoms with Gasteiger partial charge in [0.1, 0.15) is 5.75 Å². The van der Waals surface area contributed by atoms with E-state index < -0.39 is 24.5 Å². The molecule has 0 saturated heterocycles. The van der Waals surface area contributed by atoms with E-state index >= 15 is 0 Å². The van der Waals surface area contributed by atoms with Crippen LogP contribution in [0.25, 0.3) is 0 Å². The molecule has 0 aromatic heterocycles. The fourth-order valence-electron chi connectivity index (χ4n) is 2.60. The molecule has 0 saturated carbocycles. The van der Waals surface area contributed by atoms with Crippen LogP contribution in [0.4, 0.5) is 0 Å². The van der Waals surface area contributed by atoms with Gasteiger partial charge in [0.15, 0.2) is 12.5 Å². The molecule has 0 radical (unpaired) electrons. The molecule has 0 N–H and O–H groups in total. The Kier molecular flexibility index (Phi) is 5.30. The smallest absolute Gasteiger partial charge is 0.310 e. The lowest BCUT2D eigenvalue weighted by Crippen LogP contribution is -2.33. The normalized spacial score (nSPS) is 12.7. The van der Waals surface area contributed by atoms with Gasteiger partial charge in [0, 0.05) is 5.56 Å². The molecule has 0 unspecified atom stereocenters. The summed E-state index contributed by atoms with van der Waals surface area (Å²) in [5.41, 5.74) is 1.18. The third-order valence-electron chi connectivity index (χ3n) is 4.07. The second-order valence-electron chi connectivity index (χ2n) is 5.91. The van der Waals surface area contributed by atoms with E-state index in [9.17, 15) is 19.2 Å². The van der Waals surface area contributed by atoms with Gasteiger partial charge in [-0.25, -0.2) is 4.90 Å². The monoisotopic (exact) mass is 367 g/mol. The molecule has 2 aromatic rings. The molecule has 7 nitrogen and oxygen atoms in total. The van der Waals surface area contributed by atoms with Crippen LogP contribution in [0.3, 0.4) is 0 Å². The number of benzene rings is 2. The Hall–Kier alpha value is -3.48. The van der Waals surface area contributed by atoms with Crippen molar-refractivity contribution >= 4 is 23.6 Å². The van der Waals surface area contributed by atoms with Crippen LogP contribution in [-0.2, 0) is 9.53 Å². The highest BCUT2D eigenvalue weighted by molar-refractivity contribution is 6.21. The molecule has 0 spiro atoms. The van der Waals surface area contributed by atoms with Gasteiger partial charge in [0.05, 0.1) is 24.2 Å². The number of carbonyl (C=O) groups excluding carboxylic acids is 4. The second kappa shape index (κ2) is 7.82. The Morgan fingerprint density at radius 1 is 0.926 bits per heavy atom. The van der Waals surface area contributed by atoms with E-state index in [-0.39, 0.29) is 18.8 Å². The highest BCUT2D eigenvalue weighted by atomic mass is 16.5. The number of ketones is 1. The standard InChI is InChI=1S/C20H17NO6/c1-13(22)14-6-8-15(9-7-14)26-11-10-18(23)27-12-21-19(24)16-4-2-3-5-17(16)20(21)25/h2-9H,10-12H2,1H3. The molecule has 27 heavy (non-hydrogen) atoms. The summed E-state index contributed by atoms with van der Waals surface area (Å²) >= 11 is 0. The van der Waals surface area contributed by atoms with E-state index in [1.807, 2.05) is 0 Å². The molecule has 0 atom stereocenters. The van der Waals surface area contributed by atoms with Gasteiger partial charge in [-0.2, -0.15) is 0 Å². The van der Waals surface area contributed by atoms with Crippen LogP contribution in [0.15, 0.2) is 48.5 Å². The third kappa shape index (κ3) is 4.03. The second-order valence-corrected chi connectivity index (χ2v) is 5.91. The molecule has 0 aliphatic carbocycles. The molecule has 1 aliphatic rings. The van der Waals surface area contributed by atoms with Crippen LogP contribution in [0.1, 0.15) is 44.4 Å². The van der Waals surface area contributed by atoms with Crippen LogP contribution in [0, 0.1) is 0 Å². The van der Waals surface area contributed by atoms with Crippen LogP contribution >= 0.6 is 0 Å². The fourth-order valence-corrected chi connectivity index (χ4v) is 2.60. The number of rotatable bonds is 7. The molecule has 3 rings (SSSR count). The minimum Gasteiger partial charge on any atom is -0.493 e. The number of nitrogens with zero attached hydrogens (tertiary/aromatic N) is 1. The Morgan fingerprint density at radius 2 is 1.52 bits per heavy atom. The van der Waals surface area contributed by atoms with Gasteiger partial charge in [0.2, 0.25) is 0 Å². The van der Waals surface area contributed by atoms with Crippen LogP contribution < -0.4 is 4.74 Å². The maximum absolute atomic E-state index is 12.2. The first-order valence-corrected chi connectivity index (χ1v) is 8.32. The van der Waals surface area contributed by atoms with Crippen molar-refractivity contribution in [2.75, 3.05) is 13.3 Å². The minimum absolute atomic E-state index is 0.0433. The van der Waals surface area contributed by atoms with Crippen LogP contribution in [-0.4, -0.2) is 41.8 Å². The van der Waals surface area contributed by atoms with Gasteiger partial charge in [-0.3, -0.25) is 19.2 Å². The zero-order valence-corrected chi connectivity index (χ0v) is 14.6. The van der Waals surface area contributed by atoms with Gasteiger partial charge < -0.3 is 9.47 Å². The Labute approximate surface area is 155 Å². The average molecular weight is 367 g/mol. The summed E-state index contributed by atoms with van der Waals surface area (Å²) in [5.74, 6) is -1.08. The number of hydrogen-bond donors (Lipinski definition) is 0. The number of Topliss-reactive ketones (excluding diaryl/α,β-unsaturated/α-hetero) is 1. The van der Waals surface area contributed by atoms with Crippen LogP contribution in [0.5, 0.6) is 5.75 Å². The van der Waals surface area contributed by atoms with Gasteiger partial charge in [-0.1, -0.05) is 12.1 Å². The first-order valence-electron chi connectivity index (χ1n) is 8.32. The average Bonchev–Trinajstić information content (AvgIpc) is 2.91. The van der Waals surface area contributed by atoms with Crippen molar-refractivity contribution in [2.24, 2.45) is 0 Å². The molecular weight excluding hydrogens is 350 g/mol. The first kappa shape index (κ1) is 18.3. The minimum atomic E-state index is -0.591. The van der Waals surface area contributed by atoms with Gasteiger partial charge >= 0.3 is 5.97 Å². The SMILES string of the molecule is CC(=O)c1ccc(OCCC(=O)OCN2C(=O)c3ccccc3C2=O)cc1. The Morgan fingerprint density at radius 3 is 2.07 bits per heavy atom. The van der Waals surface area contributed by atoms with E-state index in [0.29, 0.717) is 22.4 Å². The van der Waals surface area contributed by atoms with Crippen molar-refractivity contribution in [3.05, 3.63) is 65.2 Å². The molecule has 2 amide bonds. The zero-order valence-electron chi connectivity index (χ0n) is 14.6. The van der Waals surface area contributed by atoms with Crippen molar-refractivity contribution in [1.29, 1.82) is 0 Å². The molecule has 7 heteroatoms. The number of esters is 1. The van der Waals surface area contributed by atoms with Crippen molar-refractivity contribution in [2.45, 2.75) is 13.3 Å². The molecule has 138 valence electrons. The summed E-state index contributed by atoms with van der Waals surface area (Å²) in [4.78, 5) is 48.2. The van der Waals surface area contributed by atoms with E-state index in [0.717, 1.165) is 4.90 Å². The lowest BCUT2D eigenvalue weighted by atomic mass is 10.1. The Bertz CT molecular complexity index is 868. The molecule has 1 heterocycles. The van der Waals surface area contributed by atoms with E-state index in [4.69, 9.17) is 9.47 Å². The molecular formula is C20H17NO6. The van der Waals surface area contributed by atoms with Gasteiger partial charge in [-0.15, -0.1) is 0 Å². The highest BCUT2D eigenvalue weighted by Gasteiger charge is 2.35. The Balaban J connectivity index is 1.45. The number of carbonyl (C=O) groups is 4. The van der Waals surface area contributed by atoms with Crippen molar-refractivity contribution < 1.29 is 28.7 Å². The first-order chi connectivity index (χ1) is 13.0. The van der Waals surface area contributed by atoms with E-state index in [1.54, 1.807) is 48.5 Å². The lowest BCUT2D eigenvalue weighted by Gasteiger charge is -2.14.